The molecule has 2 aromatic carbocycles. The molecule has 0 unspecified atom stereocenters. The van der Waals surface area contributed by atoms with Gasteiger partial charge in [-0.15, -0.1) is 0 Å². The van der Waals surface area contributed by atoms with Gasteiger partial charge < -0.3 is 15.0 Å². The molecule has 2 heterocycles. The number of nitrogens with zero attached hydrogens (tertiary/aromatic N) is 2. The van der Waals surface area contributed by atoms with Gasteiger partial charge in [0.05, 0.1) is 11.3 Å². The monoisotopic (exact) mass is 473 g/mol. The molecule has 180 valence electrons. The minimum atomic E-state index is -4.49. The van der Waals surface area contributed by atoms with Gasteiger partial charge in [-0.25, -0.2) is 4.79 Å². The smallest absolute Gasteiger partial charge is 0.416 e. The van der Waals surface area contributed by atoms with Crippen molar-refractivity contribution >= 4 is 28.9 Å². The van der Waals surface area contributed by atoms with Crippen LogP contribution < -0.4 is 15.0 Å². The highest BCUT2D eigenvalue weighted by molar-refractivity contribution is 6.05. The van der Waals surface area contributed by atoms with Gasteiger partial charge in [-0.2, -0.15) is 13.2 Å². The first kappa shape index (κ1) is 23.7. The normalized spacial score (nSPS) is 18.3. The molecule has 2 aliphatic rings. The van der Waals surface area contributed by atoms with E-state index < -0.39 is 23.2 Å². The van der Waals surface area contributed by atoms with Crippen molar-refractivity contribution in [3.63, 3.8) is 0 Å². The number of anilines is 2. The van der Waals surface area contributed by atoms with Gasteiger partial charge in [0.2, 0.25) is 5.91 Å². The van der Waals surface area contributed by atoms with Crippen molar-refractivity contribution in [2.45, 2.75) is 45.5 Å². The van der Waals surface area contributed by atoms with Crippen LogP contribution in [0.2, 0.25) is 0 Å². The third-order valence-electron chi connectivity index (χ3n) is 5.98. The third kappa shape index (κ3) is 4.60. The molecule has 0 bridgehead atoms. The number of carbonyl (C=O) groups excluding carboxylic acids is 2. The lowest BCUT2D eigenvalue weighted by atomic mass is 9.88. The van der Waals surface area contributed by atoms with Crippen molar-refractivity contribution in [3.8, 4) is 5.75 Å². The van der Waals surface area contributed by atoms with E-state index >= 15 is 0 Å². The number of ether oxygens (including phenoxy) is 1. The van der Waals surface area contributed by atoms with Gasteiger partial charge in [-0.05, 0) is 56.2 Å². The van der Waals surface area contributed by atoms with Gasteiger partial charge in [-0.3, -0.25) is 9.69 Å². The Labute approximate surface area is 196 Å². The van der Waals surface area contributed by atoms with Crippen molar-refractivity contribution in [1.82, 2.24) is 4.90 Å². The highest BCUT2D eigenvalue weighted by Crippen LogP contribution is 2.43. The zero-order chi connectivity index (χ0) is 24.8. The SMILES string of the molecule is CCN1Cc2ccc(NC(=O)/C=C3\CC(C)(C)Oc4cc(C(F)(F)F)ccc43)cc2N(C)C1=O. The van der Waals surface area contributed by atoms with Crippen molar-refractivity contribution in [2.24, 2.45) is 0 Å². The molecule has 4 rings (SSSR count). The van der Waals surface area contributed by atoms with E-state index in [4.69, 9.17) is 4.74 Å². The average molecular weight is 473 g/mol. The summed E-state index contributed by atoms with van der Waals surface area (Å²) in [4.78, 5) is 28.6. The summed E-state index contributed by atoms with van der Waals surface area (Å²) in [6.07, 6.45) is -2.74. The highest BCUT2D eigenvalue weighted by atomic mass is 19.4. The van der Waals surface area contributed by atoms with E-state index in [1.54, 1.807) is 42.8 Å². The summed E-state index contributed by atoms with van der Waals surface area (Å²) in [5.74, 6) is -0.321. The predicted molar refractivity (Wildman–Crippen MR) is 124 cm³/mol. The fourth-order valence-electron chi connectivity index (χ4n) is 4.32. The molecule has 0 radical (unpaired) electrons. The van der Waals surface area contributed by atoms with E-state index in [1.807, 2.05) is 13.0 Å². The van der Waals surface area contributed by atoms with Crippen LogP contribution in [0.15, 0.2) is 42.5 Å². The first-order chi connectivity index (χ1) is 15.9. The number of fused-ring (bicyclic) bond motifs is 2. The quantitative estimate of drug-likeness (QED) is 0.584. The van der Waals surface area contributed by atoms with Crippen molar-refractivity contribution in [3.05, 3.63) is 59.2 Å². The van der Waals surface area contributed by atoms with Crippen molar-refractivity contribution in [2.75, 3.05) is 23.8 Å². The Morgan fingerprint density at radius 2 is 1.94 bits per heavy atom. The number of alkyl halides is 3. The van der Waals surface area contributed by atoms with E-state index in [0.717, 1.165) is 23.4 Å². The number of halogens is 3. The third-order valence-corrected chi connectivity index (χ3v) is 5.98. The highest BCUT2D eigenvalue weighted by Gasteiger charge is 2.35. The number of urea groups is 1. The van der Waals surface area contributed by atoms with E-state index in [1.165, 1.54) is 12.1 Å². The molecule has 2 aliphatic heterocycles. The first-order valence-electron chi connectivity index (χ1n) is 11.0. The van der Waals surface area contributed by atoms with Crippen molar-refractivity contribution < 1.29 is 27.5 Å². The summed E-state index contributed by atoms with van der Waals surface area (Å²) in [6, 6.07) is 8.57. The first-order valence-corrected chi connectivity index (χ1v) is 11.0. The number of rotatable bonds is 3. The molecule has 0 atom stereocenters. The van der Waals surface area contributed by atoms with E-state index in [-0.39, 0.29) is 11.8 Å². The van der Waals surface area contributed by atoms with Crippen LogP contribution in [0.1, 0.15) is 43.9 Å². The van der Waals surface area contributed by atoms with Crippen LogP contribution in [0.5, 0.6) is 5.75 Å². The summed E-state index contributed by atoms with van der Waals surface area (Å²) in [5.41, 5.74) is 1.67. The van der Waals surface area contributed by atoms with Gasteiger partial charge in [0, 0.05) is 43.9 Å². The lowest BCUT2D eigenvalue weighted by Gasteiger charge is -2.35. The summed E-state index contributed by atoms with van der Waals surface area (Å²) in [5, 5.41) is 2.81. The molecule has 9 heteroatoms. The van der Waals surface area contributed by atoms with E-state index in [0.29, 0.717) is 36.3 Å². The van der Waals surface area contributed by atoms with Gasteiger partial charge >= 0.3 is 12.2 Å². The van der Waals surface area contributed by atoms with Crippen LogP contribution in [0.25, 0.3) is 5.57 Å². The minimum absolute atomic E-state index is 0.0968. The molecule has 0 spiro atoms. The van der Waals surface area contributed by atoms with Gasteiger partial charge in [0.15, 0.2) is 0 Å². The topological polar surface area (TPSA) is 61.9 Å². The summed E-state index contributed by atoms with van der Waals surface area (Å²) < 4.78 is 45.2. The fourth-order valence-corrected chi connectivity index (χ4v) is 4.32. The second-order valence-electron chi connectivity index (χ2n) is 9.11. The molecular formula is C25H26F3N3O3. The lowest BCUT2D eigenvalue weighted by molar-refractivity contribution is -0.137. The molecule has 0 saturated heterocycles. The molecule has 3 amide bonds. The number of carbonyl (C=O) groups is 2. The minimum Gasteiger partial charge on any atom is -0.487 e. The van der Waals surface area contributed by atoms with Gasteiger partial charge in [0.1, 0.15) is 11.4 Å². The van der Waals surface area contributed by atoms with E-state index in [2.05, 4.69) is 5.32 Å². The lowest BCUT2D eigenvalue weighted by Crippen LogP contribution is -2.44. The number of hydrogen-bond donors (Lipinski definition) is 1. The van der Waals surface area contributed by atoms with Crippen LogP contribution in [-0.4, -0.2) is 36.0 Å². The Morgan fingerprint density at radius 1 is 1.21 bits per heavy atom. The zero-order valence-electron chi connectivity index (χ0n) is 19.4. The second kappa shape index (κ2) is 8.38. The summed E-state index contributed by atoms with van der Waals surface area (Å²) in [6.45, 7) is 6.54. The van der Waals surface area contributed by atoms with Gasteiger partial charge in [-0.1, -0.05) is 12.1 Å². The number of nitrogens with one attached hydrogen (secondary N) is 1. The molecule has 34 heavy (non-hydrogen) atoms. The Balaban J connectivity index is 1.60. The summed E-state index contributed by atoms with van der Waals surface area (Å²) >= 11 is 0. The average Bonchev–Trinajstić information content (AvgIpc) is 2.74. The Kier molecular flexibility index (Phi) is 5.83. The molecule has 1 N–H and O–H groups in total. The van der Waals surface area contributed by atoms with Crippen LogP contribution in [-0.2, 0) is 17.5 Å². The molecular weight excluding hydrogens is 447 g/mol. The largest absolute Gasteiger partial charge is 0.487 e. The Hall–Kier alpha value is -3.49. The molecule has 0 aromatic heterocycles. The maximum Gasteiger partial charge on any atom is 0.416 e. The maximum absolute atomic E-state index is 13.2. The van der Waals surface area contributed by atoms with Crippen LogP contribution >= 0.6 is 0 Å². The Bertz CT molecular complexity index is 1190. The zero-order valence-corrected chi connectivity index (χ0v) is 19.4. The van der Waals surface area contributed by atoms with Gasteiger partial charge in [0.25, 0.3) is 0 Å². The van der Waals surface area contributed by atoms with E-state index in [9.17, 15) is 22.8 Å². The van der Waals surface area contributed by atoms with Crippen LogP contribution in [0, 0.1) is 0 Å². The van der Waals surface area contributed by atoms with Crippen LogP contribution in [0.4, 0.5) is 29.3 Å². The standard InChI is InChI=1S/C25H26F3N3O3/c1-5-31-14-15-6-8-18(12-20(15)30(4)23(31)33)29-22(32)10-16-13-24(2,3)34-21-11-17(25(26,27)28)7-9-19(16)21/h6-12H,5,13-14H2,1-4H3,(H,29,32)/b16-10+. The molecule has 2 aromatic rings. The molecule has 0 saturated carbocycles. The van der Waals surface area contributed by atoms with Crippen LogP contribution in [0.3, 0.4) is 0 Å². The molecule has 6 nitrogen and oxygen atoms in total. The maximum atomic E-state index is 13.2. The second-order valence-corrected chi connectivity index (χ2v) is 9.11. The predicted octanol–water partition coefficient (Wildman–Crippen LogP) is 5.68. The number of hydrogen-bond acceptors (Lipinski definition) is 3. The molecule has 0 aliphatic carbocycles. The number of amides is 3. The fraction of sp³-hybridized carbons (Fsp3) is 0.360. The van der Waals surface area contributed by atoms with Crippen molar-refractivity contribution in [1.29, 1.82) is 0 Å². The number of benzene rings is 2. The summed E-state index contributed by atoms with van der Waals surface area (Å²) in [7, 11) is 1.69. The molecule has 0 fully saturated rings. The Morgan fingerprint density at radius 3 is 2.62 bits per heavy atom.